The van der Waals surface area contributed by atoms with E-state index in [2.05, 4.69) is 26.2 Å². The van der Waals surface area contributed by atoms with Crippen LogP contribution in [-0.4, -0.2) is 39.5 Å². The number of hydrogen-bond acceptors (Lipinski definition) is 3. The molecule has 7 heteroatoms. The van der Waals surface area contributed by atoms with Crippen LogP contribution >= 0.6 is 27.7 Å². The first-order valence-electron chi connectivity index (χ1n) is 7.21. The molecular formula is C16H19BrN2O3S. The van der Waals surface area contributed by atoms with E-state index in [-0.39, 0.29) is 17.6 Å². The number of fused-ring (bicyclic) bond motifs is 1. The third-order valence-electron chi connectivity index (χ3n) is 3.66. The van der Waals surface area contributed by atoms with Crippen molar-refractivity contribution < 1.29 is 14.7 Å². The maximum atomic E-state index is 12.0. The van der Waals surface area contributed by atoms with Gasteiger partial charge in [0.05, 0.1) is 0 Å². The smallest absolute Gasteiger partial charge is 0.326 e. The Morgan fingerprint density at radius 2 is 2.17 bits per heavy atom. The van der Waals surface area contributed by atoms with Crippen molar-refractivity contribution in [1.82, 2.24) is 10.3 Å². The Kier molecular flexibility index (Phi) is 6.12. The Balaban J connectivity index is 2.14. The zero-order chi connectivity index (χ0) is 17.0. The Hall–Kier alpha value is -1.47. The minimum atomic E-state index is -1.03. The maximum absolute atomic E-state index is 12.0. The SMILES string of the molecule is CSC(C)CC(=O)NC(Cc1c[nH]c2ccc(Br)cc12)C(=O)O. The number of carboxylic acid groups (broad SMARTS) is 1. The molecule has 0 radical (unpaired) electrons. The molecule has 2 rings (SSSR count). The first-order valence-corrected chi connectivity index (χ1v) is 9.29. The Morgan fingerprint density at radius 1 is 1.43 bits per heavy atom. The Morgan fingerprint density at radius 3 is 2.83 bits per heavy atom. The lowest BCUT2D eigenvalue weighted by atomic mass is 10.0. The van der Waals surface area contributed by atoms with Crippen molar-refractivity contribution in [3.63, 3.8) is 0 Å². The summed E-state index contributed by atoms with van der Waals surface area (Å²) in [6.07, 6.45) is 4.27. The van der Waals surface area contributed by atoms with Gasteiger partial charge in [0, 0.05) is 39.7 Å². The monoisotopic (exact) mass is 398 g/mol. The van der Waals surface area contributed by atoms with Crippen molar-refractivity contribution in [2.45, 2.75) is 31.1 Å². The van der Waals surface area contributed by atoms with Gasteiger partial charge in [-0.1, -0.05) is 22.9 Å². The average Bonchev–Trinajstić information content (AvgIpc) is 2.88. The number of aliphatic carboxylic acids is 1. The third kappa shape index (κ3) is 4.75. The van der Waals surface area contributed by atoms with Crippen molar-refractivity contribution >= 4 is 50.5 Å². The molecule has 2 unspecified atom stereocenters. The van der Waals surface area contributed by atoms with E-state index in [9.17, 15) is 14.7 Å². The summed E-state index contributed by atoms with van der Waals surface area (Å²) in [6, 6.07) is 4.85. The molecule has 1 aromatic carbocycles. The molecule has 0 saturated heterocycles. The number of amides is 1. The van der Waals surface area contributed by atoms with E-state index in [0.29, 0.717) is 6.42 Å². The van der Waals surface area contributed by atoms with Gasteiger partial charge in [0.15, 0.2) is 0 Å². The van der Waals surface area contributed by atoms with Crippen molar-refractivity contribution in [3.05, 3.63) is 34.4 Å². The lowest BCUT2D eigenvalue weighted by Crippen LogP contribution is -2.42. The number of aromatic nitrogens is 1. The van der Waals surface area contributed by atoms with E-state index in [1.54, 1.807) is 18.0 Å². The van der Waals surface area contributed by atoms with Crippen LogP contribution in [0.5, 0.6) is 0 Å². The zero-order valence-corrected chi connectivity index (χ0v) is 15.3. The zero-order valence-electron chi connectivity index (χ0n) is 12.9. The summed E-state index contributed by atoms with van der Waals surface area (Å²) >= 11 is 5.00. The maximum Gasteiger partial charge on any atom is 0.326 e. The molecule has 1 aromatic heterocycles. The highest BCUT2D eigenvalue weighted by Gasteiger charge is 2.22. The summed E-state index contributed by atoms with van der Waals surface area (Å²) in [4.78, 5) is 26.6. The fourth-order valence-corrected chi connectivity index (χ4v) is 3.02. The van der Waals surface area contributed by atoms with E-state index in [0.717, 1.165) is 20.9 Å². The third-order valence-corrected chi connectivity index (χ3v) is 5.13. The van der Waals surface area contributed by atoms with Gasteiger partial charge in [0.25, 0.3) is 0 Å². The van der Waals surface area contributed by atoms with E-state index in [1.807, 2.05) is 31.4 Å². The van der Waals surface area contributed by atoms with Crippen molar-refractivity contribution in [3.8, 4) is 0 Å². The quantitative estimate of drug-likeness (QED) is 0.668. The van der Waals surface area contributed by atoms with Crippen LogP contribution in [0.4, 0.5) is 0 Å². The van der Waals surface area contributed by atoms with E-state index in [1.165, 1.54) is 0 Å². The van der Waals surface area contributed by atoms with Gasteiger partial charge in [-0.25, -0.2) is 4.79 Å². The molecule has 0 fully saturated rings. The van der Waals surface area contributed by atoms with Gasteiger partial charge in [-0.05, 0) is 30.0 Å². The minimum absolute atomic E-state index is 0.161. The summed E-state index contributed by atoms with van der Waals surface area (Å²) in [5.41, 5.74) is 1.81. The van der Waals surface area contributed by atoms with Crippen molar-refractivity contribution in [1.29, 1.82) is 0 Å². The lowest BCUT2D eigenvalue weighted by Gasteiger charge is -2.15. The topological polar surface area (TPSA) is 82.2 Å². The number of H-pyrrole nitrogens is 1. The summed E-state index contributed by atoms with van der Waals surface area (Å²) in [5.74, 6) is -1.26. The minimum Gasteiger partial charge on any atom is -0.480 e. The van der Waals surface area contributed by atoms with Gasteiger partial charge in [0.2, 0.25) is 5.91 Å². The second-order valence-electron chi connectivity index (χ2n) is 5.42. The fourth-order valence-electron chi connectivity index (χ4n) is 2.34. The predicted molar refractivity (Wildman–Crippen MR) is 96.9 cm³/mol. The first-order chi connectivity index (χ1) is 10.9. The standard InChI is InChI=1S/C16H19BrN2O3S/c1-9(23-2)5-15(20)19-14(16(21)22)6-10-8-18-13-4-3-11(17)7-12(10)13/h3-4,7-9,14,18H,5-6H2,1-2H3,(H,19,20)(H,21,22). The average molecular weight is 399 g/mol. The molecule has 1 heterocycles. The normalized spacial score (nSPS) is 13.7. The molecule has 0 saturated carbocycles. The molecule has 0 spiro atoms. The summed E-state index contributed by atoms with van der Waals surface area (Å²) in [7, 11) is 0. The molecule has 0 aliphatic carbocycles. The second-order valence-corrected chi connectivity index (χ2v) is 7.61. The summed E-state index contributed by atoms with van der Waals surface area (Å²) in [6.45, 7) is 1.94. The molecule has 124 valence electrons. The van der Waals surface area contributed by atoms with Crippen LogP contribution in [0.15, 0.2) is 28.9 Å². The summed E-state index contributed by atoms with van der Waals surface area (Å²) in [5, 5.41) is 13.1. The first kappa shape index (κ1) is 17.9. The molecule has 2 atom stereocenters. The number of hydrogen-bond donors (Lipinski definition) is 3. The number of nitrogens with one attached hydrogen (secondary N) is 2. The van der Waals surface area contributed by atoms with Crippen LogP contribution in [0.1, 0.15) is 18.9 Å². The van der Waals surface area contributed by atoms with Crippen LogP contribution in [0.3, 0.4) is 0 Å². The molecule has 3 N–H and O–H groups in total. The highest BCUT2D eigenvalue weighted by molar-refractivity contribution is 9.10. The molecule has 23 heavy (non-hydrogen) atoms. The summed E-state index contributed by atoms with van der Waals surface area (Å²) < 4.78 is 0.926. The number of carbonyl (C=O) groups is 2. The van der Waals surface area contributed by atoms with Crippen LogP contribution in [-0.2, 0) is 16.0 Å². The van der Waals surface area contributed by atoms with Gasteiger partial charge >= 0.3 is 5.97 Å². The van der Waals surface area contributed by atoms with Crippen LogP contribution in [0.2, 0.25) is 0 Å². The lowest BCUT2D eigenvalue weighted by molar-refractivity contribution is -0.141. The molecular weight excluding hydrogens is 380 g/mol. The van der Waals surface area contributed by atoms with E-state index in [4.69, 9.17) is 0 Å². The molecule has 0 aliphatic heterocycles. The van der Waals surface area contributed by atoms with Gasteiger partial charge in [-0.3, -0.25) is 4.79 Å². The van der Waals surface area contributed by atoms with Gasteiger partial charge in [0.1, 0.15) is 6.04 Å². The number of rotatable bonds is 7. The van der Waals surface area contributed by atoms with Gasteiger partial charge in [-0.15, -0.1) is 0 Å². The van der Waals surface area contributed by atoms with E-state index >= 15 is 0 Å². The predicted octanol–water partition coefficient (Wildman–Crippen LogP) is 3.18. The second kappa shape index (κ2) is 7.88. The van der Waals surface area contributed by atoms with E-state index < -0.39 is 12.0 Å². The molecule has 1 amide bonds. The molecule has 5 nitrogen and oxygen atoms in total. The largest absolute Gasteiger partial charge is 0.480 e. The number of benzene rings is 1. The van der Waals surface area contributed by atoms with Crippen molar-refractivity contribution in [2.75, 3.05) is 6.26 Å². The number of halogens is 1. The van der Waals surface area contributed by atoms with Crippen LogP contribution < -0.4 is 5.32 Å². The van der Waals surface area contributed by atoms with Gasteiger partial charge < -0.3 is 15.4 Å². The van der Waals surface area contributed by atoms with Crippen molar-refractivity contribution in [2.24, 2.45) is 0 Å². The molecule has 2 aromatic rings. The number of carbonyl (C=O) groups excluding carboxylic acids is 1. The Bertz CT molecular complexity index is 716. The highest BCUT2D eigenvalue weighted by Crippen LogP contribution is 2.23. The van der Waals surface area contributed by atoms with Gasteiger partial charge in [-0.2, -0.15) is 11.8 Å². The number of thioether (sulfide) groups is 1. The Labute approximate surface area is 147 Å². The van der Waals surface area contributed by atoms with Crippen LogP contribution in [0.25, 0.3) is 10.9 Å². The number of aromatic amines is 1. The fraction of sp³-hybridized carbons (Fsp3) is 0.375. The molecule has 0 aliphatic rings. The highest BCUT2D eigenvalue weighted by atomic mass is 79.9. The molecule has 0 bridgehead atoms. The number of carboxylic acids is 1. The van der Waals surface area contributed by atoms with Crippen LogP contribution in [0, 0.1) is 0 Å².